The number of halogens is 3. The lowest BCUT2D eigenvalue weighted by molar-refractivity contribution is -0.137. The average Bonchev–Trinajstić information content (AvgIpc) is 2.39. The smallest absolute Gasteiger partial charge is 0.294 e. The van der Waals surface area contributed by atoms with E-state index in [1.54, 1.807) is 30.3 Å². The Morgan fingerprint density at radius 3 is 2.11 bits per heavy atom. The van der Waals surface area contributed by atoms with E-state index < -0.39 is 17.5 Å². The molecule has 0 fully saturated rings. The van der Waals surface area contributed by atoms with Gasteiger partial charge in [0, 0.05) is 12.0 Å². The Hall–Kier alpha value is -2.10. The van der Waals surface area contributed by atoms with E-state index in [0.29, 0.717) is 5.56 Å². The largest absolute Gasteiger partial charge is 0.417 e. The number of carbonyl (C=O) groups is 1. The van der Waals surface area contributed by atoms with Crippen molar-refractivity contribution in [3.8, 4) is 0 Å². The van der Waals surface area contributed by atoms with Gasteiger partial charge in [0.1, 0.15) is 0 Å². The molecule has 0 aliphatic heterocycles. The van der Waals surface area contributed by atoms with Gasteiger partial charge in [0.15, 0.2) is 5.78 Å². The lowest BCUT2D eigenvalue weighted by Crippen LogP contribution is -2.14. The molecule has 2 rings (SSSR count). The molecule has 0 radical (unpaired) electrons. The van der Waals surface area contributed by atoms with Crippen LogP contribution < -0.4 is 0 Å². The number of alkyl halides is 3. The minimum atomic E-state index is -4.51. The highest BCUT2D eigenvalue weighted by Crippen LogP contribution is 2.32. The third-order valence-electron chi connectivity index (χ3n) is 2.74. The predicted molar refractivity (Wildman–Crippen MR) is 65.9 cm³/mol. The van der Waals surface area contributed by atoms with Crippen molar-refractivity contribution in [3.63, 3.8) is 0 Å². The molecule has 2 aromatic rings. The van der Waals surface area contributed by atoms with Crippen LogP contribution >= 0.6 is 0 Å². The van der Waals surface area contributed by atoms with Crippen molar-refractivity contribution in [1.82, 2.24) is 0 Å². The van der Waals surface area contributed by atoms with Crippen molar-refractivity contribution in [2.75, 3.05) is 0 Å². The number of rotatable bonds is 3. The molecule has 0 atom stereocenters. The van der Waals surface area contributed by atoms with Crippen LogP contribution in [0.3, 0.4) is 0 Å². The molecule has 0 aliphatic rings. The third kappa shape index (κ3) is 3.22. The fourth-order valence-electron chi connectivity index (χ4n) is 1.85. The molecule has 0 N–H and O–H groups in total. The summed E-state index contributed by atoms with van der Waals surface area (Å²) in [5.41, 5.74) is -0.459. The van der Waals surface area contributed by atoms with Crippen molar-refractivity contribution < 1.29 is 18.0 Å². The number of hydrogen-bond acceptors (Lipinski definition) is 1. The highest BCUT2D eigenvalue weighted by molar-refractivity contribution is 5.99. The first-order chi connectivity index (χ1) is 8.98. The zero-order valence-electron chi connectivity index (χ0n) is 9.95. The third-order valence-corrected chi connectivity index (χ3v) is 2.74. The van der Waals surface area contributed by atoms with Crippen molar-refractivity contribution in [3.05, 3.63) is 71.3 Å². The van der Waals surface area contributed by atoms with Gasteiger partial charge in [0.05, 0.1) is 5.56 Å². The van der Waals surface area contributed by atoms with Crippen LogP contribution in [0.4, 0.5) is 13.2 Å². The van der Waals surface area contributed by atoms with Crippen LogP contribution in [0.5, 0.6) is 0 Å². The molecule has 0 saturated carbocycles. The van der Waals surface area contributed by atoms with Gasteiger partial charge in [-0.15, -0.1) is 0 Å². The van der Waals surface area contributed by atoms with Gasteiger partial charge in [-0.1, -0.05) is 48.5 Å². The van der Waals surface area contributed by atoms with Crippen LogP contribution in [0.15, 0.2) is 54.6 Å². The van der Waals surface area contributed by atoms with Crippen molar-refractivity contribution in [2.24, 2.45) is 0 Å². The second-order valence-electron chi connectivity index (χ2n) is 4.13. The zero-order chi connectivity index (χ0) is 13.9. The monoisotopic (exact) mass is 264 g/mol. The molecule has 0 bridgehead atoms. The van der Waals surface area contributed by atoms with Crippen LogP contribution in [0, 0.1) is 0 Å². The maximum Gasteiger partial charge on any atom is 0.417 e. The molecule has 0 saturated heterocycles. The van der Waals surface area contributed by atoms with Gasteiger partial charge in [0.25, 0.3) is 0 Å². The molecule has 0 unspecified atom stereocenters. The number of Topliss-reactive ketones (excluding diaryl/α,β-unsaturated/α-hetero) is 1. The number of ketones is 1. The van der Waals surface area contributed by atoms with Gasteiger partial charge in [0.2, 0.25) is 0 Å². The minimum Gasteiger partial charge on any atom is -0.294 e. The Balaban J connectivity index is 2.30. The lowest BCUT2D eigenvalue weighted by Gasteiger charge is -2.11. The Bertz CT molecular complexity index is 573. The molecule has 1 nitrogen and oxygen atoms in total. The molecular formula is C15H11F3O. The first-order valence-electron chi connectivity index (χ1n) is 5.72. The standard InChI is InChI=1S/C15H11F3O/c16-15(17,18)13-9-5-4-8-12(13)14(19)10-11-6-2-1-3-7-11/h1-9H,10H2. The Kier molecular flexibility index (Phi) is 3.69. The molecule has 0 amide bonds. The predicted octanol–water partition coefficient (Wildman–Crippen LogP) is 4.13. The van der Waals surface area contributed by atoms with Gasteiger partial charge < -0.3 is 0 Å². The van der Waals surface area contributed by atoms with E-state index in [2.05, 4.69) is 0 Å². The number of benzene rings is 2. The molecule has 0 spiro atoms. The number of carbonyl (C=O) groups excluding carboxylic acids is 1. The summed E-state index contributed by atoms with van der Waals surface area (Å²) in [6.07, 6.45) is -4.54. The van der Waals surface area contributed by atoms with Crippen molar-refractivity contribution >= 4 is 5.78 Å². The SMILES string of the molecule is O=C(Cc1ccccc1)c1ccccc1C(F)(F)F. The number of hydrogen-bond donors (Lipinski definition) is 0. The summed E-state index contributed by atoms with van der Waals surface area (Å²) in [4.78, 5) is 12.0. The molecule has 98 valence electrons. The average molecular weight is 264 g/mol. The zero-order valence-corrected chi connectivity index (χ0v) is 9.95. The fourth-order valence-corrected chi connectivity index (χ4v) is 1.85. The van der Waals surface area contributed by atoms with E-state index >= 15 is 0 Å². The van der Waals surface area contributed by atoms with E-state index in [9.17, 15) is 18.0 Å². The van der Waals surface area contributed by atoms with E-state index in [1.807, 2.05) is 0 Å². The van der Waals surface area contributed by atoms with Gasteiger partial charge in [-0.2, -0.15) is 13.2 Å². The summed E-state index contributed by atoms with van der Waals surface area (Å²) in [7, 11) is 0. The normalized spacial score (nSPS) is 11.3. The summed E-state index contributed by atoms with van der Waals surface area (Å²) < 4.78 is 38.4. The summed E-state index contributed by atoms with van der Waals surface area (Å²) >= 11 is 0. The quantitative estimate of drug-likeness (QED) is 0.762. The van der Waals surface area contributed by atoms with Gasteiger partial charge in [-0.05, 0) is 11.6 Å². The molecule has 2 aromatic carbocycles. The van der Waals surface area contributed by atoms with E-state index in [1.165, 1.54) is 18.2 Å². The fraction of sp³-hybridized carbons (Fsp3) is 0.133. The van der Waals surface area contributed by atoms with Gasteiger partial charge >= 0.3 is 6.18 Å². The van der Waals surface area contributed by atoms with E-state index in [0.717, 1.165) is 6.07 Å². The second-order valence-corrected chi connectivity index (χ2v) is 4.13. The lowest BCUT2D eigenvalue weighted by atomic mass is 9.98. The van der Waals surface area contributed by atoms with Gasteiger partial charge in [-0.3, -0.25) is 4.79 Å². The Morgan fingerprint density at radius 1 is 0.895 bits per heavy atom. The minimum absolute atomic E-state index is 0.0338. The van der Waals surface area contributed by atoms with Crippen molar-refractivity contribution in [2.45, 2.75) is 12.6 Å². The first-order valence-corrected chi connectivity index (χ1v) is 5.72. The summed E-state index contributed by atoms with van der Waals surface area (Å²) in [6, 6.07) is 13.6. The maximum atomic E-state index is 12.8. The molecule has 19 heavy (non-hydrogen) atoms. The van der Waals surface area contributed by atoms with E-state index in [-0.39, 0.29) is 12.0 Å². The maximum absolute atomic E-state index is 12.8. The van der Waals surface area contributed by atoms with Crippen LogP contribution in [-0.4, -0.2) is 5.78 Å². The summed E-state index contributed by atoms with van der Waals surface area (Å²) in [5, 5.41) is 0. The highest BCUT2D eigenvalue weighted by atomic mass is 19.4. The molecule has 0 aromatic heterocycles. The van der Waals surface area contributed by atoms with Crippen LogP contribution in [-0.2, 0) is 12.6 Å². The first kappa shape index (κ1) is 13.3. The Labute approximate surface area is 108 Å². The molecular weight excluding hydrogens is 253 g/mol. The van der Waals surface area contributed by atoms with Crippen LogP contribution in [0.2, 0.25) is 0 Å². The molecule has 4 heteroatoms. The molecule has 0 aliphatic carbocycles. The molecule has 0 heterocycles. The van der Waals surface area contributed by atoms with Crippen LogP contribution in [0.1, 0.15) is 21.5 Å². The summed E-state index contributed by atoms with van der Waals surface area (Å²) in [5.74, 6) is -0.529. The van der Waals surface area contributed by atoms with Crippen LogP contribution in [0.25, 0.3) is 0 Å². The summed E-state index contributed by atoms with van der Waals surface area (Å²) in [6.45, 7) is 0. The van der Waals surface area contributed by atoms with Gasteiger partial charge in [-0.25, -0.2) is 0 Å². The second kappa shape index (κ2) is 5.26. The Morgan fingerprint density at radius 2 is 1.47 bits per heavy atom. The highest BCUT2D eigenvalue weighted by Gasteiger charge is 2.34. The van der Waals surface area contributed by atoms with Crippen molar-refractivity contribution in [1.29, 1.82) is 0 Å². The topological polar surface area (TPSA) is 17.1 Å². The van der Waals surface area contributed by atoms with E-state index in [4.69, 9.17) is 0 Å².